The summed E-state index contributed by atoms with van der Waals surface area (Å²) in [5, 5.41) is 0. The van der Waals surface area contributed by atoms with Gasteiger partial charge in [-0.2, -0.15) is 0 Å². The summed E-state index contributed by atoms with van der Waals surface area (Å²) in [6.07, 6.45) is 1.37. The molecule has 0 aliphatic carbocycles. The lowest BCUT2D eigenvalue weighted by Crippen LogP contribution is -2.26. The van der Waals surface area contributed by atoms with Crippen molar-refractivity contribution >= 4 is 11.0 Å². The van der Waals surface area contributed by atoms with Crippen LogP contribution < -0.4 is 11.3 Å². The number of hydrogen-bond donors (Lipinski definition) is 1. The number of rotatable bonds is 3. The van der Waals surface area contributed by atoms with Crippen LogP contribution in [0.3, 0.4) is 0 Å². The molecule has 1 aromatic heterocycles. The summed E-state index contributed by atoms with van der Waals surface area (Å²) in [6, 6.07) is 7.63. The van der Waals surface area contributed by atoms with E-state index in [4.69, 9.17) is 5.73 Å². The van der Waals surface area contributed by atoms with Crippen molar-refractivity contribution in [1.29, 1.82) is 0 Å². The second-order valence-corrected chi connectivity index (χ2v) is 4.04. The van der Waals surface area contributed by atoms with Crippen LogP contribution in [-0.4, -0.2) is 16.1 Å². The average molecular weight is 217 g/mol. The molecular formula is C12H15N3O. The van der Waals surface area contributed by atoms with Gasteiger partial charge in [-0.25, -0.2) is 4.98 Å². The van der Waals surface area contributed by atoms with E-state index >= 15 is 0 Å². The van der Waals surface area contributed by atoms with Gasteiger partial charge in [0.05, 0.1) is 17.2 Å². The fourth-order valence-electron chi connectivity index (χ4n) is 1.69. The van der Waals surface area contributed by atoms with Crippen molar-refractivity contribution in [1.82, 2.24) is 9.55 Å². The van der Waals surface area contributed by atoms with Crippen molar-refractivity contribution in [2.45, 2.75) is 13.5 Å². The minimum Gasteiger partial charge on any atom is -0.330 e. The van der Waals surface area contributed by atoms with E-state index < -0.39 is 0 Å². The zero-order valence-corrected chi connectivity index (χ0v) is 9.26. The number of para-hydroxylation sites is 2. The van der Waals surface area contributed by atoms with E-state index in [0.717, 1.165) is 11.0 Å². The maximum Gasteiger partial charge on any atom is 0.269 e. The van der Waals surface area contributed by atoms with Gasteiger partial charge in [0.25, 0.3) is 5.56 Å². The summed E-state index contributed by atoms with van der Waals surface area (Å²) in [6.45, 7) is 3.24. The molecule has 1 unspecified atom stereocenters. The molecule has 0 aliphatic rings. The first kappa shape index (κ1) is 10.8. The van der Waals surface area contributed by atoms with Crippen LogP contribution in [0, 0.1) is 5.92 Å². The molecule has 16 heavy (non-hydrogen) atoms. The molecule has 2 N–H and O–H groups in total. The van der Waals surface area contributed by atoms with Gasteiger partial charge in [-0.3, -0.25) is 4.79 Å². The zero-order chi connectivity index (χ0) is 11.5. The number of aromatic nitrogens is 2. The van der Waals surface area contributed by atoms with E-state index in [9.17, 15) is 4.79 Å². The molecule has 0 aliphatic heterocycles. The van der Waals surface area contributed by atoms with E-state index in [-0.39, 0.29) is 11.5 Å². The molecule has 84 valence electrons. The zero-order valence-electron chi connectivity index (χ0n) is 9.26. The second-order valence-electron chi connectivity index (χ2n) is 4.04. The molecule has 4 heteroatoms. The number of nitrogens with two attached hydrogens (primary N) is 1. The summed E-state index contributed by atoms with van der Waals surface area (Å²) < 4.78 is 1.74. The van der Waals surface area contributed by atoms with Gasteiger partial charge in [0.15, 0.2) is 0 Å². The van der Waals surface area contributed by atoms with Crippen LogP contribution in [0.25, 0.3) is 11.0 Å². The van der Waals surface area contributed by atoms with E-state index in [1.807, 2.05) is 31.2 Å². The lowest BCUT2D eigenvalue weighted by atomic mass is 10.2. The van der Waals surface area contributed by atoms with Crippen LogP contribution in [0.1, 0.15) is 6.92 Å². The lowest BCUT2D eigenvalue weighted by Gasteiger charge is -2.13. The van der Waals surface area contributed by atoms with Gasteiger partial charge in [-0.1, -0.05) is 19.1 Å². The van der Waals surface area contributed by atoms with Crippen LogP contribution in [0.5, 0.6) is 0 Å². The van der Waals surface area contributed by atoms with Gasteiger partial charge in [0, 0.05) is 6.54 Å². The molecule has 2 rings (SSSR count). The molecule has 1 heterocycles. The highest BCUT2D eigenvalue weighted by molar-refractivity contribution is 5.74. The molecule has 0 amide bonds. The van der Waals surface area contributed by atoms with Gasteiger partial charge in [0.1, 0.15) is 0 Å². The standard InChI is InChI=1S/C12H15N3O/c1-9(6-13)8-15-11-5-3-2-4-10(11)14-7-12(15)16/h2-5,7,9H,6,8,13H2,1H3. The smallest absolute Gasteiger partial charge is 0.269 e. The number of benzene rings is 1. The molecule has 1 atom stereocenters. The Balaban J connectivity index is 2.57. The van der Waals surface area contributed by atoms with Crippen LogP contribution >= 0.6 is 0 Å². The highest BCUT2D eigenvalue weighted by atomic mass is 16.1. The van der Waals surface area contributed by atoms with Gasteiger partial charge >= 0.3 is 0 Å². The minimum atomic E-state index is -0.0704. The molecule has 0 bridgehead atoms. The van der Waals surface area contributed by atoms with E-state index in [0.29, 0.717) is 13.1 Å². The molecule has 0 spiro atoms. The number of fused-ring (bicyclic) bond motifs is 1. The topological polar surface area (TPSA) is 60.9 Å². The molecule has 0 saturated heterocycles. The van der Waals surface area contributed by atoms with Gasteiger partial charge in [-0.15, -0.1) is 0 Å². The molecule has 1 aromatic carbocycles. The van der Waals surface area contributed by atoms with Crippen molar-refractivity contribution in [3.05, 3.63) is 40.8 Å². The monoisotopic (exact) mass is 217 g/mol. The molecular weight excluding hydrogens is 202 g/mol. The van der Waals surface area contributed by atoms with Crippen LogP contribution in [0.2, 0.25) is 0 Å². The molecule has 4 nitrogen and oxygen atoms in total. The lowest BCUT2D eigenvalue weighted by molar-refractivity contribution is 0.491. The number of hydrogen-bond acceptors (Lipinski definition) is 3. The summed E-state index contributed by atoms with van der Waals surface area (Å²) in [4.78, 5) is 15.9. The maximum atomic E-state index is 11.7. The highest BCUT2D eigenvalue weighted by Gasteiger charge is 2.06. The van der Waals surface area contributed by atoms with Crippen molar-refractivity contribution < 1.29 is 0 Å². The van der Waals surface area contributed by atoms with E-state index in [1.54, 1.807) is 4.57 Å². The van der Waals surface area contributed by atoms with Crippen molar-refractivity contribution in [3.63, 3.8) is 0 Å². The first-order valence-electron chi connectivity index (χ1n) is 5.37. The Morgan fingerprint density at radius 3 is 2.94 bits per heavy atom. The van der Waals surface area contributed by atoms with Gasteiger partial charge in [0.2, 0.25) is 0 Å². The Labute approximate surface area is 93.7 Å². The van der Waals surface area contributed by atoms with Gasteiger partial charge in [-0.05, 0) is 24.6 Å². The van der Waals surface area contributed by atoms with Gasteiger partial charge < -0.3 is 10.3 Å². The first-order valence-corrected chi connectivity index (χ1v) is 5.37. The summed E-state index contributed by atoms with van der Waals surface area (Å²) in [5.74, 6) is 0.281. The van der Waals surface area contributed by atoms with Crippen LogP contribution in [0.15, 0.2) is 35.3 Å². The quantitative estimate of drug-likeness (QED) is 0.834. The predicted octanol–water partition coefficient (Wildman–Crippen LogP) is 0.991. The third-order valence-electron chi connectivity index (χ3n) is 2.65. The Hall–Kier alpha value is -1.68. The molecule has 0 saturated carbocycles. The molecule has 2 aromatic rings. The molecule has 0 fully saturated rings. The van der Waals surface area contributed by atoms with Crippen molar-refractivity contribution in [2.24, 2.45) is 11.7 Å². The Kier molecular flexibility index (Phi) is 3.01. The fraction of sp³-hybridized carbons (Fsp3) is 0.333. The van der Waals surface area contributed by atoms with E-state index in [1.165, 1.54) is 6.20 Å². The van der Waals surface area contributed by atoms with Crippen LogP contribution in [-0.2, 0) is 6.54 Å². The maximum absolute atomic E-state index is 11.7. The Morgan fingerprint density at radius 1 is 1.44 bits per heavy atom. The Bertz CT molecular complexity index is 547. The highest BCUT2D eigenvalue weighted by Crippen LogP contribution is 2.09. The number of nitrogens with zero attached hydrogens (tertiary/aromatic N) is 2. The summed E-state index contributed by atoms with van der Waals surface area (Å²) in [7, 11) is 0. The van der Waals surface area contributed by atoms with Crippen molar-refractivity contribution in [2.75, 3.05) is 6.54 Å². The average Bonchev–Trinajstić information content (AvgIpc) is 2.32. The van der Waals surface area contributed by atoms with E-state index in [2.05, 4.69) is 4.98 Å². The predicted molar refractivity (Wildman–Crippen MR) is 64.2 cm³/mol. The summed E-state index contributed by atoms with van der Waals surface area (Å²) >= 11 is 0. The third kappa shape index (κ3) is 1.97. The van der Waals surface area contributed by atoms with Crippen LogP contribution in [0.4, 0.5) is 0 Å². The largest absolute Gasteiger partial charge is 0.330 e. The SMILES string of the molecule is CC(CN)Cn1c(=O)cnc2ccccc21. The second kappa shape index (κ2) is 4.45. The first-order chi connectivity index (χ1) is 7.72. The normalized spacial score (nSPS) is 12.9. The summed E-state index contributed by atoms with van der Waals surface area (Å²) in [5.41, 5.74) is 7.22. The Morgan fingerprint density at radius 2 is 2.19 bits per heavy atom. The molecule has 0 radical (unpaired) electrons. The van der Waals surface area contributed by atoms with Crippen molar-refractivity contribution in [3.8, 4) is 0 Å². The minimum absolute atomic E-state index is 0.0704. The third-order valence-corrected chi connectivity index (χ3v) is 2.65. The fourth-order valence-corrected chi connectivity index (χ4v) is 1.69.